The van der Waals surface area contributed by atoms with Gasteiger partial charge in [0.2, 0.25) is 5.91 Å². The molecule has 1 N–H and O–H groups in total. The summed E-state index contributed by atoms with van der Waals surface area (Å²) in [5.74, 6) is -0.411. The summed E-state index contributed by atoms with van der Waals surface area (Å²) in [6, 6.07) is 17.6. The van der Waals surface area contributed by atoms with Crippen molar-refractivity contribution in [1.82, 2.24) is 4.90 Å². The van der Waals surface area contributed by atoms with Crippen molar-refractivity contribution in [3.8, 4) is 0 Å². The molecule has 28 heavy (non-hydrogen) atoms. The zero-order valence-electron chi connectivity index (χ0n) is 14.8. The van der Waals surface area contributed by atoms with Crippen molar-refractivity contribution in [1.29, 1.82) is 0 Å². The van der Waals surface area contributed by atoms with Gasteiger partial charge in [-0.25, -0.2) is 0 Å². The topological polar surface area (TPSA) is 106 Å². The quantitative estimate of drug-likeness (QED) is 0.500. The second kappa shape index (κ2) is 8.63. The molecule has 0 aliphatic heterocycles. The highest BCUT2D eigenvalue weighted by atomic mass is 16.6. The Morgan fingerprint density at radius 3 is 2.50 bits per heavy atom. The van der Waals surface area contributed by atoms with Crippen LogP contribution in [-0.2, 0) is 11.3 Å². The van der Waals surface area contributed by atoms with E-state index in [4.69, 9.17) is 4.42 Å². The molecular weight excluding hydrogens is 362 g/mol. The maximum atomic E-state index is 12.9. The molecule has 0 bridgehead atoms. The SMILES string of the molecule is O=C(CN(Cc1ccco1)C(=O)c1cccc([N+](=O)[O-])c1)Nc1ccccc1. The monoisotopic (exact) mass is 379 g/mol. The maximum Gasteiger partial charge on any atom is 0.270 e. The summed E-state index contributed by atoms with van der Waals surface area (Å²) in [5.41, 5.74) is 0.527. The van der Waals surface area contributed by atoms with Crippen molar-refractivity contribution in [3.63, 3.8) is 0 Å². The summed E-state index contributed by atoms with van der Waals surface area (Å²) in [6.45, 7) is -0.187. The highest BCUT2D eigenvalue weighted by molar-refractivity contribution is 5.99. The predicted octanol–water partition coefficient (Wildman–Crippen LogP) is 3.47. The Morgan fingerprint density at radius 1 is 1.04 bits per heavy atom. The van der Waals surface area contributed by atoms with Gasteiger partial charge in [-0.1, -0.05) is 24.3 Å². The minimum Gasteiger partial charge on any atom is -0.467 e. The number of carbonyl (C=O) groups excluding carboxylic acids is 2. The number of nitro benzene ring substituents is 1. The Hall–Kier alpha value is -3.94. The van der Waals surface area contributed by atoms with Gasteiger partial charge in [-0.15, -0.1) is 0 Å². The molecule has 0 atom stereocenters. The van der Waals surface area contributed by atoms with E-state index in [1.165, 1.54) is 35.4 Å². The third-order valence-corrected chi connectivity index (χ3v) is 3.91. The molecule has 0 aliphatic rings. The average molecular weight is 379 g/mol. The molecule has 0 saturated heterocycles. The fourth-order valence-electron chi connectivity index (χ4n) is 2.62. The molecule has 8 nitrogen and oxygen atoms in total. The number of nitrogens with one attached hydrogen (secondary N) is 1. The van der Waals surface area contributed by atoms with Crippen molar-refractivity contribution in [2.24, 2.45) is 0 Å². The van der Waals surface area contributed by atoms with E-state index in [1.54, 1.807) is 36.4 Å². The first kappa shape index (κ1) is 18.8. The number of nitro groups is 1. The normalized spacial score (nSPS) is 10.3. The van der Waals surface area contributed by atoms with Crippen molar-refractivity contribution in [2.75, 3.05) is 11.9 Å². The van der Waals surface area contributed by atoms with E-state index >= 15 is 0 Å². The lowest BCUT2D eigenvalue weighted by Gasteiger charge is -2.21. The van der Waals surface area contributed by atoms with Crippen LogP contribution < -0.4 is 5.32 Å². The second-order valence-electron chi connectivity index (χ2n) is 5.96. The number of benzene rings is 2. The summed E-state index contributed by atoms with van der Waals surface area (Å²) in [7, 11) is 0. The van der Waals surface area contributed by atoms with Gasteiger partial charge in [0.25, 0.3) is 11.6 Å². The lowest BCUT2D eigenvalue weighted by Crippen LogP contribution is -2.37. The van der Waals surface area contributed by atoms with Crippen LogP contribution in [0.1, 0.15) is 16.1 Å². The van der Waals surface area contributed by atoms with E-state index in [0.29, 0.717) is 11.4 Å². The molecule has 1 heterocycles. The molecule has 1 aromatic heterocycles. The highest BCUT2D eigenvalue weighted by Gasteiger charge is 2.22. The summed E-state index contributed by atoms with van der Waals surface area (Å²) < 4.78 is 5.28. The van der Waals surface area contributed by atoms with Crippen LogP contribution in [0.3, 0.4) is 0 Å². The third-order valence-electron chi connectivity index (χ3n) is 3.91. The molecule has 0 spiro atoms. The van der Waals surface area contributed by atoms with E-state index < -0.39 is 16.7 Å². The van der Waals surface area contributed by atoms with Crippen molar-refractivity contribution < 1.29 is 18.9 Å². The first-order chi connectivity index (χ1) is 13.5. The molecule has 142 valence electrons. The second-order valence-corrected chi connectivity index (χ2v) is 5.96. The first-order valence-corrected chi connectivity index (χ1v) is 8.44. The van der Waals surface area contributed by atoms with Crippen LogP contribution in [0, 0.1) is 10.1 Å². The molecule has 2 amide bonds. The van der Waals surface area contributed by atoms with Gasteiger partial charge >= 0.3 is 0 Å². The fourth-order valence-corrected chi connectivity index (χ4v) is 2.62. The number of furan rings is 1. The predicted molar refractivity (Wildman–Crippen MR) is 102 cm³/mol. The largest absolute Gasteiger partial charge is 0.467 e. The van der Waals surface area contributed by atoms with Gasteiger partial charge in [0.1, 0.15) is 12.3 Å². The third kappa shape index (κ3) is 4.82. The molecule has 0 saturated carbocycles. The highest BCUT2D eigenvalue weighted by Crippen LogP contribution is 2.17. The van der Waals surface area contributed by atoms with Crippen LogP contribution in [0.4, 0.5) is 11.4 Å². The number of hydrogen-bond acceptors (Lipinski definition) is 5. The van der Waals surface area contributed by atoms with Crippen molar-refractivity contribution >= 4 is 23.2 Å². The molecule has 0 unspecified atom stereocenters. The van der Waals surface area contributed by atoms with Gasteiger partial charge in [0.05, 0.1) is 17.7 Å². The lowest BCUT2D eigenvalue weighted by atomic mass is 10.1. The Labute approximate surface area is 160 Å². The van der Waals surface area contributed by atoms with Gasteiger partial charge in [-0.2, -0.15) is 0 Å². The number of non-ortho nitro benzene ring substituents is 1. The lowest BCUT2D eigenvalue weighted by molar-refractivity contribution is -0.384. The smallest absolute Gasteiger partial charge is 0.270 e. The van der Waals surface area contributed by atoms with Gasteiger partial charge in [-0.3, -0.25) is 19.7 Å². The zero-order valence-corrected chi connectivity index (χ0v) is 14.8. The molecule has 3 aromatic rings. The Bertz CT molecular complexity index is 971. The van der Waals surface area contributed by atoms with Crippen molar-refractivity contribution in [2.45, 2.75) is 6.54 Å². The van der Waals surface area contributed by atoms with E-state index in [-0.39, 0.29) is 24.3 Å². The minimum atomic E-state index is -0.574. The number of anilines is 1. The molecule has 0 aliphatic carbocycles. The average Bonchev–Trinajstić information content (AvgIpc) is 3.21. The maximum absolute atomic E-state index is 12.9. The molecular formula is C20H17N3O5. The van der Waals surface area contributed by atoms with Crippen LogP contribution in [0.25, 0.3) is 0 Å². The molecule has 2 aromatic carbocycles. The van der Waals surface area contributed by atoms with Gasteiger partial charge in [0, 0.05) is 23.4 Å². The first-order valence-electron chi connectivity index (χ1n) is 8.44. The Balaban J connectivity index is 1.80. The van der Waals surface area contributed by atoms with Crippen LogP contribution in [0.2, 0.25) is 0 Å². The summed E-state index contributed by atoms with van der Waals surface area (Å²) in [6.07, 6.45) is 1.47. The number of nitrogens with zero attached hydrogens (tertiary/aromatic N) is 2. The number of carbonyl (C=O) groups is 2. The van der Waals surface area contributed by atoms with Crippen LogP contribution in [0.15, 0.2) is 77.4 Å². The number of rotatable bonds is 7. The summed E-state index contributed by atoms with van der Waals surface area (Å²) in [5, 5.41) is 13.7. The molecule has 0 fully saturated rings. The zero-order chi connectivity index (χ0) is 19.9. The Kier molecular flexibility index (Phi) is 5.81. The van der Waals surface area contributed by atoms with Gasteiger partial charge < -0.3 is 14.6 Å². The summed E-state index contributed by atoms with van der Waals surface area (Å²) >= 11 is 0. The molecule has 0 radical (unpaired) electrons. The van der Waals surface area contributed by atoms with Gasteiger partial charge in [0.15, 0.2) is 0 Å². The van der Waals surface area contributed by atoms with Crippen LogP contribution >= 0.6 is 0 Å². The molecule has 3 rings (SSSR count). The number of amides is 2. The standard InChI is InChI=1S/C20H17N3O5/c24-19(21-16-7-2-1-3-8-16)14-22(13-18-10-5-11-28-18)20(25)15-6-4-9-17(12-15)23(26)27/h1-12H,13-14H2,(H,21,24). The fraction of sp³-hybridized carbons (Fsp3) is 0.100. The van der Waals surface area contributed by atoms with E-state index in [1.807, 2.05) is 6.07 Å². The van der Waals surface area contributed by atoms with E-state index in [9.17, 15) is 19.7 Å². The van der Waals surface area contributed by atoms with Crippen LogP contribution in [0.5, 0.6) is 0 Å². The van der Waals surface area contributed by atoms with Gasteiger partial charge in [-0.05, 0) is 30.3 Å². The summed E-state index contributed by atoms with van der Waals surface area (Å²) in [4.78, 5) is 37.0. The van der Waals surface area contributed by atoms with Crippen LogP contribution in [-0.4, -0.2) is 28.2 Å². The minimum absolute atomic E-state index is 0.0523. The Morgan fingerprint density at radius 2 is 1.82 bits per heavy atom. The van der Waals surface area contributed by atoms with E-state index in [2.05, 4.69) is 5.32 Å². The van der Waals surface area contributed by atoms with Crippen molar-refractivity contribution in [3.05, 3.63) is 94.4 Å². The number of hydrogen-bond donors (Lipinski definition) is 1. The number of para-hydroxylation sites is 1. The van der Waals surface area contributed by atoms with E-state index in [0.717, 1.165) is 0 Å². The molecule has 8 heteroatoms.